The van der Waals surface area contributed by atoms with Gasteiger partial charge < -0.3 is 14.2 Å². The molecule has 0 aliphatic rings. The number of carbonyl (C=O) groups excluding carboxylic acids is 3. The zero-order valence-corrected chi connectivity index (χ0v) is 37.2. The minimum absolute atomic E-state index is 0.0728. The highest BCUT2D eigenvalue weighted by molar-refractivity contribution is 5.71. The van der Waals surface area contributed by atoms with E-state index in [9.17, 15) is 14.4 Å². The highest BCUT2D eigenvalue weighted by Crippen LogP contribution is 2.15. The Labute approximate surface area is 346 Å². The summed E-state index contributed by atoms with van der Waals surface area (Å²) in [6, 6.07) is 0. The molecule has 0 heterocycles. The van der Waals surface area contributed by atoms with Crippen molar-refractivity contribution in [1.29, 1.82) is 0 Å². The second-order valence-corrected chi connectivity index (χ2v) is 16.0. The van der Waals surface area contributed by atoms with Gasteiger partial charge in [-0.25, -0.2) is 0 Å². The average molecular weight is 787 g/mol. The molecule has 0 saturated heterocycles. The molecule has 0 aliphatic carbocycles. The van der Waals surface area contributed by atoms with Crippen LogP contribution in [0, 0.1) is 0 Å². The summed E-state index contributed by atoms with van der Waals surface area (Å²) in [5.74, 6) is -0.881. The van der Waals surface area contributed by atoms with E-state index in [1.54, 1.807) is 0 Å². The normalized spacial score (nSPS) is 12.3. The van der Waals surface area contributed by atoms with Crippen molar-refractivity contribution in [1.82, 2.24) is 0 Å². The molecule has 0 aliphatic heterocycles. The second-order valence-electron chi connectivity index (χ2n) is 16.0. The Bertz CT molecular complexity index is 953. The number of carbonyl (C=O) groups is 3. The van der Waals surface area contributed by atoms with Crippen LogP contribution in [0.25, 0.3) is 0 Å². The minimum atomic E-state index is -0.770. The van der Waals surface area contributed by atoms with Crippen LogP contribution in [0.1, 0.15) is 245 Å². The summed E-state index contributed by atoms with van der Waals surface area (Å²) >= 11 is 0. The first-order valence-corrected chi connectivity index (χ1v) is 24.0. The second kappa shape index (κ2) is 45.3. The molecule has 0 bridgehead atoms. The molecular weight excluding hydrogens is 697 g/mol. The predicted octanol–water partition coefficient (Wildman–Crippen LogP) is 15.4. The van der Waals surface area contributed by atoms with Crippen molar-refractivity contribution in [2.75, 3.05) is 13.2 Å². The smallest absolute Gasteiger partial charge is 0.306 e. The zero-order valence-electron chi connectivity index (χ0n) is 37.2. The first-order valence-electron chi connectivity index (χ1n) is 24.0. The van der Waals surface area contributed by atoms with Crippen LogP contribution in [-0.4, -0.2) is 37.2 Å². The van der Waals surface area contributed by atoms with Gasteiger partial charge in [-0.3, -0.25) is 14.4 Å². The highest BCUT2D eigenvalue weighted by Gasteiger charge is 2.19. The fraction of sp³-hybridized carbons (Fsp3) is 0.820. The number of unbranched alkanes of at least 4 members (excludes halogenated alkanes) is 26. The molecule has 0 N–H and O–H groups in total. The molecule has 56 heavy (non-hydrogen) atoms. The van der Waals surface area contributed by atoms with E-state index in [-0.39, 0.29) is 31.1 Å². The van der Waals surface area contributed by atoms with Gasteiger partial charge in [0.15, 0.2) is 6.10 Å². The molecule has 6 heteroatoms. The van der Waals surface area contributed by atoms with Gasteiger partial charge >= 0.3 is 17.9 Å². The number of allylic oxidation sites excluding steroid dienone is 6. The van der Waals surface area contributed by atoms with Gasteiger partial charge in [-0.1, -0.05) is 211 Å². The van der Waals surface area contributed by atoms with Gasteiger partial charge in [0.25, 0.3) is 0 Å². The first kappa shape index (κ1) is 53.6. The third-order valence-electron chi connectivity index (χ3n) is 10.4. The Balaban J connectivity index is 4.35. The van der Waals surface area contributed by atoms with Gasteiger partial charge in [0.1, 0.15) is 13.2 Å². The lowest BCUT2D eigenvalue weighted by Crippen LogP contribution is -2.30. The SMILES string of the molecule is CC/C=C\C/C=C\C/C=C\CCCCCCCCC(=O)OCC(COC(=O)CCCCCCCCCCCC)OC(=O)CCCCCCCCCCCCCC. The van der Waals surface area contributed by atoms with Crippen LogP contribution in [0.4, 0.5) is 0 Å². The maximum atomic E-state index is 12.7. The van der Waals surface area contributed by atoms with E-state index in [0.717, 1.165) is 83.5 Å². The van der Waals surface area contributed by atoms with Crippen LogP contribution < -0.4 is 0 Å². The van der Waals surface area contributed by atoms with E-state index in [1.807, 2.05) is 0 Å². The quantitative estimate of drug-likeness (QED) is 0.0265. The van der Waals surface area contributed by atoms with Crippen LogP contribution in [0.15, 0.2) is 36.5 Å². The lowest BCUT2D eigenvalue weighted by atomic mass is 10.0. The van der Waals surface area contributed by atoms with Gasteiger partial charge in [-0.05, 0) is 51.4 Å². The molecule has 326 valence electrons. The molecular formula is C50H90O6. The molecule has 0 saturated carbocycles. The average Bonchev–Trinajstić information content (AvgIpc) is 3.19. The molecule has 0 amide bonds. The largest absolute Gasteiger partial charge is 0.462 e. The Morgan fingerprint density at radius 2 is 0.696 bits per heavy atom. The summed E-state index contributed by atoms with van der Waals surface area (Å²) < 4.78 is 16.7. The molecule has 0 radical (unpaired) electrons. The number of hydrogen-bond donors (Lipinski definition) is 0. The number of esters is 3. The fourth-order valence-corrected chi connectivity index (χ4v) is 6.81. The summed E-state index contributed by atoms with van der Waals surface area (Å²) in [6.07, 6.45) is 51.2. The topological polar surface area (TPSA) is 78.9 Å². The summed E-state index contributed by atoms with van der Waals surface area (Å²) in [4.78, 5) is 37.8. The van der Waals surface area contributed by atoms with Crippen LogP contribution in [0.2, 0.25) is 0 Å². The molecule has 0 fully saturated rings. The molecule has 1 unspecified atom stereocenters. The standard InChI is InChI=1S/C50H90O6/c1-4-7-10-13-16-19-22-24-25-26-27-29-31-34-37-40-43-49(52)55-46-47(45-54-48(51)42-39-36-33-30-21-18-15-12-9-6-3)56-50(53)44-41-38-35-32-28-23-20-17-14-11-8-5-2/h7,10,16,19,24-25,47H,4-6,8-9,11-15,17-18,20-23,26-46H2,1-3H3/b10-7-,19-16-,25-24-. The van der Waals surface area contributed by atoms with Crippen molar-refractivity contribution in [2.45, 2.75) is 252 Å². The third kappa shape index (κ3) is 42.8. The molecule has 0 aromatic rings. The predicted molar refractivity (Wildman–Crippen MR) is 238 cm³/mol. The van der Waals surface area contributed by atoms with E-state index in [1.165, 1.54) is 122 Å². The first-order chi connectivity index (χ1) is 27.5. The van der Waals surface area contributed by atoms with Crippen molar-refractivity contribution >= 4 is 17.9 Å². The van der Waals surface area contributed by atoms with E-state index in [4.69, 9.17) is 14.2 Å². The van der Waals surface area contributed by atoms with Crippen LogP contribution in [0.3, 0.4) is 0 Å². The molecule has 1 atom stereocenters. The minimum Gasteiger partial charge on any atom is -0.462 e. The Hall–Kier alpha value is -2.37. The molecule has 0 aromatic heterocycles. The molecule has 0 aromatic carbocycles. The van der Waals surface area contributed by atoms with Gasteiger partial charge in [-0.2, -0.15) is 0 Å². The number of ether oxygens (including phenoxy) is 3. The summed E-state index contributed by atoms with van der Waals surface area (Å²) in [5, 5.41) is 0. The summed E-state index contributed by atoms with van der Waals surface area (Å²) in [5.41, 5.74) is 0. The van der Waals surface area contributed by atoms with Crippen molar-refractivity contribution < 1.29 is 28.6 Å². The molecule has 0 rings (SSSR count). The van der Waals surface area contributed by atoms with Gasteiger partial charge in [0, 0.05) is 19.3 Å². The monoisotopic (exact) mass is 787 g/mol. The zero-order chi connectivity index (χ0) is 40.8. The third-order valence-corrected chi connectivity index (χ3v) is 10.4. The summed E-state index contributed by atoms with van der Waals surface area (Å²) in [6.45, 7) is 6.51. The van der Waals surface area contributed by atoms with Crippen LogP contribution in [0.5, 0.6) is 0 Å². The Morgan fingerprint density at radius 1 is 0.375 bits per heavy atom. The molecule has 6 nitrogen and oxygen atoms in total. The van der Waals surface area contributed by atoms with E-state index >= 15 is 0 Å². The van der Waals surface area contributed by atoms with E-state index in [2.05, 4.69) is 57.2 Å². The highest BCUT2D eigenvalue weighted by atomic mass is 16.6. The number of hydrogen-bond acceptors (Lipinski definition) is 6. The van der Waals surface area contributed by atoms with Crippen LogP contribution >= 0.6 is 0 Å². The molecule has 0 spiro atoms. The maximum Gasteiger partial charge on any atom is 0.306 e. The lowest BCUT2D eigenvalue weighted by molar-refractivity contribution is -0.167. The van der Waals surface area contributed by atoms with Crippen molar-refractivity contribution in [3.8, 4) is 0 Å². The van der Waals surface area contributed by atoms with Gasteiger partial charge in [0.05, 0.1) is 0 Å². The van der Waals surface area contributed by atoms with Crippen molar-refractivity contribution in [3.63, 3.8) is 0 Å². The van der Waals surface area contributed by atoms with E-state index < -0.39 is 6.10 Å². The van der Waals surface area contributed by atoms with Gasteiger partial charge in [0.2, 0.25) is 0 Å². The Kier molecular flexibility index (Phi) is 43.4. The van der Waals surface area contributed by atoms with Gasteiger partial charge in [-0.15, -0.1) is 0 Å². The maximum absolute atomic E-state index is 12.7. The summed E-state index contributed by atoms with van der Waals surface area (Å²) in [7, 11) is 0. The lowest BCUT2D eigenvalue weighted by Gasteiger charge is -2.18. The number of rotatable bonds is 43. The van der Waals surface area contributed by atoms with Crippen LogP contribution in [-0.2, 0) is 28.6 Å². The van der Waals surface area contributed by atoms with Crippen molar-refractivity contribution in [3.05, 3.63) is 36.5 Å². The Morgan fingerprint density at radius 3 is 1.09 bits per heavy atom. The van der Waals surface area contributed by atoms with Crippen molar-refractivity contribution in [2.24, 2.45) is 0 Å². The van der Waals surface area contributed by atoms with E-state index in [0.29, 0.717) is 19.3 Å². The fourth-order valence-electron chi connectivity index (χ4n) is 6.81.